The van der Waals surface area contributed by atoms with E-state index in [-0.39, 0.29) is 0 Å². The maximum atomic E-state index is 6.24. The van der Waals surface area contributed by atoms with Crippen molar-refractivity contribution in [1.82, 2.24) is 10.3 Å². The predicted octanol–water partition coefficient (Wildman–Crippen LogP) is 3.56. The molecule has 3 nitrogen and oxygen atoms in total. The Kier molecular flexibility index (Phi) is 6.00. The molecule has 1 heterocycles. The molecule has 20 heavy (non-hydrogen) atoms. The summed E-state index contributed by atoms with van der Waals surface area (Å²) in [6.45, 7) is 3.01. The van der Waals surface area contributed by atoms with Crippen LogP contribution in [0.1, 0.15) is 31.9 Å². The number of rotatable bonds is 8. The van der Waals surface area contributed by atoms with E-state index in [9.17, 15) is 0 Å². The van der Waals surface area contributed by atoms with Crippen molar-refractivity contribution in [2.45, 2.75) is 44.8 Å². The molecule has 0 saturated heterocycles. The summed E-state index contributed by atoms with van der Waals surface area (Å²) in [5, 5.41) is 4.23. The van der Waals surface area contributed by atoms with Gasteiger partial charge in [-0.15, -0.1) is 0 Å². The van der Waals surface area contributed by atoms with E-state index in [1.54, 1.807) is 0 Å². The standard InChI is InChI=1S/C15H24ClN3S/c1-11(8-9-20-3)19(2)15-7-6-13(16)14(18-15)10-17-12-4-5-12/h6-7,11-12,17H,4-5,8-10H2,1-3H3. The molecular weight excluding hydrogens is 290 g/mol. The van der Waals surface area contributed by atoms with E-state index >= 15 is 0 Å². The minimum Gasteiger partial charge on any atom is -0.357 e. The molecular formula is C15H24ClN3S. The van der Waals surface area contributed by atoms with Gasteiger partial charge in [0.15, 0.2) is 0 Å². The van der Waals surface area contributed by atoms with Crippen molar-refractivity contribution in [3.05, 3.63) is 22.8 Å². The van der Waals surface area contributed by atoms with E-state index in [1.807, 2.05) is 23.9 Å². The van der Waals surface area contributed by atoms with Gasteiger partial charge in [0.1, 0.15) is 5.82 Å². The average molecular weight is 314 g/mol. The molecule has 0 spiro atoms. The molecule has 1 aromatic heterocycles. The van der Waals surface area contributed by atoms with Gasteiger partial charge in [0, 0.05) is 25.7 Å². The molecule has 1 aliphatic rings. The second kappa shape index (κ2) is 7.53. The van der Waals surface area contributed by atoms with E-state index < -0.39 is 0 Å². The number of pyridine rings is 1. The third kappa shape index (κ3) is 4.54. The van der Waals surface area contributed by atoms with Gasteiger partial charge in [-0.1, -0.05) is 11.6 Å². The number of halogens is 1. The zero-order chi connectivity index (χ0) is 14.5. The van der Waals surface area contributed by atoms with Crippen LogP contribution in [0, 0.1) is 0 Å². The zero-order valence-corrected chi connectivity index (χ0v) is 14.1. The highest BCUT2D eigenvalue weighted by Gasteiger charge is 2.21. The summed E-state index contributed by atoms with van der Waals surface area (Å²) in [5.74, 6) is 2.19. The second-order valence-electron chi connectivity index (χ2n) is 5.49. The van der Waals surface area contributed by atoms with Crippen LogP contribution < -0.4 is 10.2 Å². The van der Waals surface area contributed by atoms with Crippen molar-refractivity contribution >= 4 is 29.2 Å². The Morgan fingerprint density at radius 1 is 1.50 bits per heavy atom. The van der Waals surface area contributed by atoms with Crippen LogP contribution in [0.15, 0.2) is 12.1 Å². The topological polar surface area (TPSA) is 28.2 Å². The van der Waals surface area contributed by atoms with Crippen LogP contribution in [-0.4, -0.2) is 36.1 Å². The summed E-state index contributed by atoms with van der Waals surface area (Å²) >= 11 is 8.13. The van der Waals surface area contributed by atoms with Crippen molar-refractivity contribution in [3.8, 4) is 0 Å². The first-order valence-electron chi connectivity index (χ1n) is 7.22. The first kappa shape index (κ1) is 15.9. The Morgan fingerprint density at radius 2 is 2.25 bits per heavy atom. The normalized spacial score (nSPS) is 16.2. The molecule has 1 unspecified atom stereocenters. The third-order valence-corrected chi connectivity index (χ3v) is 4.79. The molecule has 112 valence electrons. The van der Waals surface area contributed by atoms with Gasteiger partial charge in [-0.05, 0) is 50.3 Å². The minimum atomic E-state index is 0.486. The molecule has 0 aliphatic heterocycles. The number of nitrogens with one attached hydrogen (secondary N) is 1. The minimum absolute atomic E-state index is 0.486. The van der Waals surface area contributed by atoms with Crippen molar-refractivity contribution in [2.75, 3.05) is 24.0 Å². The van der Waals surface area contributed by atoms with Crippen LogP contribution in [0.5, 0.6) is 0 Å². The van der Waals surface area contributed by atoms with Crippen LogP contribution in [0.4, 0.5) is 5.82 Å². The summed E-state index contributed by atoms with van der Waals surface area (Å²) in [4.78, 5) is 6.97. The van der Waals surface area contributed by atoms with Crippen LogP contribution in [0.25, 0.3) is 0 Å². The molecule has 0 bridgehead atoms. The first-order chi connectivity index (χ1) is 9.61. The molecule has 0 radical (unpaired) electrons. The summed E-state index contributed by atoms with van der Waals surface area (Å²) in [7, 11) is 2.11. The van der Waals surface area contributed by atoms with E-state index in [1.165, 1.54) is 18.6 Å². The number of anilines is 1. The lowest BCUT2D eigenvalue weighted by atomic mass is 10.2. The summed E-state index contributed by atoms with van der Waals surface area (Å²) in [6, 6.07) is 5.14. The fraction of sp³-hybridized carbons (Fsp3) is 0.667. The van der Waals surface area contributed by atoms with E-state index in [4.69, 9.17) is 16.6 Å². The van der Waals surface area contributed by atoms with Gasteiger partial charge in [0.05, 0.1) is 10.7 Å². The zero-order valence-electron chi connectivity index (χ0n) is 12.5. The Morgan fingerprint density at radius 3 is 2.90 bits per heavy atom. The summed E-state index contributed by atoms with van der Waals surface area (Å²) < 4.78 is 0. The molecule has 2 rings (SSSR count). The quantitative estimate of drug-likeness (QED) is 0.794. The lowest BCUT2D eigenvalue weighted by molar-refractivity contribution is 0.650. The van der Waals surface area contributed by atoms with Gasteiger partial charge in [-0.3, -0.25) is 0 Å². The lowest BCUT2D eigenvalue weighted by Crippen LogP contribution is -2.30. The Labute approximate surface area is 131 Å². The lowest BCUT2D eigenvalue weighted by Gasteiger charge is -2.26. The van der Waals surface area contributed by atoms with E-state index in [0.717, 1.165) is 29.5 Å². The molecule has 1 atom stereocenters. The van der Waals surface area contributed by atoms with Crippen molar-refractivity contribution < 1.29 is 0 Å². The number of nitrogens with zero attached hydrogens (tertiary/aromatic N) is 2. The first-order valence-corrected chi connectivity index (χ1v) is 8.99. The Hall–Kier alpha value is -0.450. The highest BCUT2D eigenvalue weighted by Crippen LogP contribution is 2.23. The maximum Gasteiger partial charge on any atom is 0.128 e. The SMILES string of the molecule is CSCCC(C)N(C)c1ccc(Cl)c(CNC2CC2)n1. The van der Waals surface area contributed by atoms with Crippen LogP contribution in [-0.2, 0) is 6.54 Å². The van der Waals surface area contributed by atoms with Gasteiger partial charge in [-0.25, -0.2) is 4.98 Å². The Bertz CT molecular complexity index is 437. The summed E-state index contributed by atoms with van der Waals surface area (Å²) in [5.41, 5.74) is 0.958. The fourth-order valence-corrected chi connectivity index (χ4v) is 2.78. The second-order valence-corrected chi connectivity index (χ2v) is 6.89. The molecule has 1 aliphatic carbocycles. The molecule has 5 heteroatoms. The van der Waals surface area contributed by atoms with Crippen LogP contribution in [0.2, 0.25) is 5.02 Å². The predicted molar refractivity (Wildman–Crippen MR) is 90.0 cm³/mol. The number of hydrogen-bond acceptors (Lipinski definition) is 4. The van der Waals surface area contributed by atoms with Crippen molar-refractivity contribution in [1.29, 1.82) is 0 Å². The average Bonchev–Trinajstić information content (AvgIpc) is 3.27. The monoisotopic (exact) mass is 313 g/mol. The molecule has 0 amide bonds. The van der Waals surface area contributed by atoms with Gasteiger partial charge in [0.25, 0.3) is 0 Å². The number of thioether (sulfide) groups is 1. The summed E-state index contributed by atoms with van der Waals surface area (Å²) in [6.07, 6.45) is 5.87. The molecule has 1 saturated carbocycles. The fourth-order valence-electron chi connectivity index (χ4n) is 2.03. The molecule has 1 aromatic rings. The number of aromatic nitrogens is 1. The molecule has 1 fully saturated rings. The molecule has 0 aromatic carbocycles. The highest BCUT2D eigenvalue weighted by molar-refractivity contribution is 7.98. The van der Waals surface area contributed by atoms with Gasteiger partial charge in [-0.2, -0.15) is 11.8 Å². The van der Waals surface area contributed by atoms with Gasteiger partial charge in [0.2, 0.25) is 0 Å². The molecule has 1 N–H and O–H groups in total. The van der Waals surface area contributed by atoms with E-state index in [0.29, 0.717) is 12.1 Å². The van der Waals surface area contributed by atoms with Gasteiger partial charge >= 0.3 is 0 Å². The maximum absolute atomic E-state index is 6.24. The van der Waals surface area contributed by atoms with Crippen molar-refractivity contribution in [2.24, 2.45) is 0 Å². The van der Waals surface area contributed by atoms with Crippen LogP contribution >= 0.6 is 23.4 Å². The van der Waals surface area contributed by atoms with Crippen LogP contribution in [0.3, 0.4) is 0 Å². The number of hydrogen-bond donors (Lipinski definition) is 1. The Balaban J connectivity index is 2.00. The smallest absolute Gasteiger partial charge is 0.128 e. The third-order valence-electron chi connectivity index (χ3n) is 3.80. The van der Waals surface area contributed by atoms with Crippen molar-refractivity contribution in [3.63, 3.8) is 0 Å². The highest BCUT2D eigenvalue weighted by atomic mass is 35.5. The largest absolute Gasteiger partial charge is 0.357 e. The van der Waals surface area contributed by atoms with Gasteiger partial charge < -0.3 is 10.2 Å². The van der Waals surface area contributed by atoms with E-state index in [2.05, 4.69) is 30.4 Å².